The number of hydrogen-bond acceptors (Lipinski definition) is 4. The molecule has 1 heterocycles. The fourth-order valence-corrected chi connectivity index (χ4v) is 1.36. The molecule has 2 N–H and O–H groups in total. The van der Waals surface area contributed by atoms with E-state index in [4.69, 9.17) is 4.74 Å². The van der Waals surface area contributed by atoms with Crippen molar-refractivity contribution in [3.63, 3.8) is 0 Å². The molecule has 3 atom stereocenters. The molecule has 1 saturated heterocycles. The van der Waals surface area contributed by atoms with E-state index in [1.807, 2.05) is 0 Å². The molecule has 0 saturated carbocycles. The monoisotopic (exact) mass is 175 g/mol. The first-order valence-corrected chi connectivity index (χ1v) is 3.74. The summed E-state index contributed by atoms with van der Waals surface area (Å²) in [6.45, 7) is 1.51. The maximum Gasteiger partial charge on any atom is 0.221 e. The fraction of sp³-hybridized carbons (Fsp3) is 0.857. The van der Waals surface area contributed by atoms with Crippen molar-refractivity contribution in [2.24, 2.45) is 0 Å². The molecular weight excluding hydrogens is 162 g/mol. The van der Waals surface area contributed by atoms with Gasteiger partial charge in [0, 0.05) is 14.0 Å². The molecule has 5 nitrogen and oxygen atoms in total. The lowest BCUT2D eigenvalue weighted by atomic mass is 10.2. The summed E-state index contributed by atoms with van der Waals surface area (Å²) >= 11 is 0. The van der Waals surface area contributed by atoms with Crippen molar-refractivity contribution in [3.05, 3.63) is 0 Å². The minimum Gasteiger partial charge on any atom is -0.388 e. The van der Waals surface area contributed by atoms with Gasteiger partial charge in [0.25, 0.3) is 0 Å². The quantitative estimate of drug-likeness (QED) is 0.511. The summed E-state index contributed by atoms with van der Waals surface area (Å²) in [5.74, 6) is -0.211. The first-order valence-electron chi connectivity index (χ1n) is 3.74. The molecule has 0 aliphatic carbocycles. The Kier molecular flexibility index (Phi) is 2.66. The van der Waals surface area contributed by atoms with Crippen LogP contribution in [0.2, 0.25) is 0 Å². The van der Waals surface area contributed by atoms with Gasteiger partial charge in [0.1, 0.15) is 12.2 Å². The van der Waals surface area contributed by atoms with E-state index >= 15 is 0 Å². The zero-order valence-electron chi connectivity index (χ0n) is 7.10. The van der Waals surface area contributed by atoms with Crippen LogP contribution in [-0.4, -0.2) is 53.1 Å². The molecular formula is C7H13NO4. The van der Waals surface area contributed by atoms with Gasteiger partial charge in [0.05, 0.1) is 6.54 Å². The molecule has 1 fully saturated rings. The molecule has 3 unspecified atom stereocenters. The summed E-state index contributed by atoms with van der Waals surface area (Å²) in [6.07, 6.45) is -2.62. The Morgan fingerprint density at radius 3 is 2.50 bits per heavy atom. The number of hydrogen-bond donors (Lipinski definition) is 2. The van der Waals surface area contributed by atoms with Gasteiger partial charge < -0.3 is 19.8 Å². The number of nitrogens with zero attached hydrogens (tertiary/aromatic N) is 1. The van der Waals surface area contributed by atoms with E-state index in [1.54, 1.807) is 0 Å². The topological polar surface area (TPSA) is 70.0 Å². The molecule has 1 amide bonds. The van der Waals surface area contributed by atoms with E-state index in [2.05, 4.69) is 0 Å². The highest BCUT2D eigenvalue weighted by molar-refractivity contribution is 5.74. The number of amides is 1. The lowest BCUT2D eigenvalue weighted by Crippen LogP contribution is -2.39. The predicted molar refractivity (Wildman–Crippen MR) is 40.2 cm³/mol. The Bertz CT molecular complexity index is 184. The summed E-state index contributed by atoms with van der Waals surface area (Å²) in [5.41, 5.74) is 0. The zero-order chi connectivity index (χ0) is 9.30. The summed E-state index contributed by atoms with van der Waals surface area (Å²) < 4.78 is 4.86. The third-order valence-corrected chi connectivity index (χ3v) is 2.02. The number of methoxy groups -OCH3 is 1. The van der Waals surface area contributed by atoms with Crippen molar-refractivity contribution < 1.29 is 19.7 Å². The number of ether oxygens (including phenoxy) is 1. The maximum absolute atomic E-state index is 10.9. The minimum atomic E-state index is -1.00. The van der Waals surface area contributed by atoms with Crippen LogP contribution in [0.1, 0.15) is 6.92 Å². The van der Waals surface area contributed by atoms with Crippen LogP contribution in [0.4, 0.5) is 0 Å². The Hall–Kier alpha value is -0.650. The van der Waals surface area contributed by atoms with Crippen LogP contribution < -0.4 is 0 Å². The molecule has 1 aliphatic heterocycles. The van der Waals surface area contributed by atoms with Gasteiger partial charge in [0.15, 0.2) is 6.23 Å². The molecule has 0 aromatic rings. The predicted octanol–water partition coefficient (Wildman–Crippen LogP) is -1.46. The molecule has 1 aliphatic rings. The highest BCUT2D eigenvalue weighted by Gasteiger charge is 2.41. The fourth-order valence-electron chi connectivity index (χ4n) is 1.36. The average Bonchev–Trinajstić information content (AvgIpc) is 2.29. The first-order chi connectivity index (χ1) is 5.57. The van der Waals surface area contributed by atoms with Gasteiger partial charge in [-0.05, 0) is 0 Å². The van der Waals surface area contributed by atoms with E-state index in [0.717, 1.165) is 0 Å². The zero-order valence-corrected chi connectivity index (χ0v) is 7.10. The highest BCUT2D eigenvalue weighted by atomic mass is 16.5. The first kappa shape index (κ1) is 9.44. The third-order valence-electron chi connectivity index (χ3n) is 2.02. The van der Waals surface area contributed by atoms with Crippen LogP contribution in [0.25, 0.3) is 0 Å². The van der Waals surface area contributed by atoms with Crippen LogP contribution >= 0.6 is 0 Å². The van der Waals surface area contributed by atoms with Gasteiger partial charge in [-0.1, -0.05) is 0 Å². The molecule has 0 aromatic heterocycles. The second-order valence-electron chi connectivity index (χ2n) is 2.86. The molecule has 70 valence electrons. The van der Waals surface area contributed by atoms with Crippen molar-refractivity contribution >= 4 is 5.91 Å². The van der Waals surface area contributed by atoms with Crippen molar-refractivity contribution in [2.45, 2.75) is 25.4 Å². The summed E-state index contributed by atoms with van der Waals surface area (Å²) in [4.78, 5) is 12.2. The maximum atomic E-state index is 10.9. The molecule has 0 spiro atoms. The van der Waals surface area contributed by atoms with Crippen molar-refractivity contribution in [3.8, 4) is 0 Å². The van der Waals surface area contributed by atoms with Crippen molar-refractivity contribution in [1.29, 1.82) is 0 Å². The van der Waals surface area contributed by atoms with Crippen LogP contribution in [0, 0.1) is 0 Å². The number of aliphatic hydroxyl groups excluding tert-OH is 2. The molecule has 1 rings (SSSR count). The van der Waals surface area contributed by atoms with Gasteiger partial charge in [-0.3, -0.25) is 4.79 Å². The molecule has 0 aromatic carbocycles. The SMILES string of the molecule is COC1C(O)C(O)CN1C(C)=O. The van der Waals surface area contributed by atoms with E-state index in [9.17, 15) is 15.0 Å². The number of carbonyl (C=O) groups is 1. The standard InChI is InChI=1S/C7H13NO4/c1-4(9)8-3-5(10)6(11)7(8)12-2/h5-7,10-11H,3H2,1-2H3. The highest BCUT2D eigenvalue weighted by Crippen LogP contribution is 2.18. The molecule has 0 bridgehead atoms. The van der Waals surface area contributed by atoms with Crippen LogP contribution in [-0.2, 0) is 9.53 Å². The van der Waals surface area contributed by atoms with Gasteiger partial charge in [-0.2, -0.15) is 0 Å². The number of rotatable bonds is 1. The second-order valence-corrected chi connectivity index (χ2v) is 2.86. The van der Waals surface area contributed by atoms with Gasteiger partial charge in [-0.15, -0.1) is 0 Å². The number of β-amino-alcohol motifs (C(OH)–C–C–N with tert-alkyl or cyclic N) is 1. The van der Waals surface area contributed by atoms with Gasteiger partial charge in [-0.25, -0.2) is 0 Å². The minimum absolute atomic E-state index is 0.134. The third kappa shape index (κ3) is 1.43. The lowest BCUT2D eigenvalue weighted by Gasteiger charge is -2.22. The second kappa shape index (κ2) is 3.38. The van der Waals surface area contributed by atoms with E-state index in [0.29, 0.717) is 0 Å². The summed E-state index contributed by atoms with van der Waals surface area (Å²) in [5, 5.41) is 18.5. The van der Waals surface area contributed by atoms with Gasteiger partial charge >= 0.3 is 0 Å². The van der Waals surface area contributed by atoms with Crippen LogP contribution in [0.5, 0.6) is 0 Å². The van der Waals surface area contributed by atoms with Crippen LogP contribution in [0.3, 0.4) is 0 Å². The number of likely N-dealkylation sites (tertiary alicyclic amines) is 1. The Labute approximate surface area is 70.5 Å². The van der Waals surface area contributed by atoms with E-state index in [1.165, 1.54) is 18.9 Å². The smallest absolute Gasteiger partial charge is 0.221 e. The van der Waals surface area contributed by atoms with Crippen molar-refractivity contribution in [2.75, 3.05) is 13.7 Å². The molecule has 12 heavy (non-hydrogen) atoms. The molecule has 5 heteroatoms. The summed E-state index contributed by atoms with van der Waals surface area (Å²) in [6, 6.07) is 0. The van der Waals surface area contributed by atoms with E-state index < -0.39 is 18.4 Å². The largest absolute Gasteiger partial charge is 0.388 e. The average molecular weight is 175 g/mol. The van der Waals surface area contributed by atoms with Gasteiger partial charge in [0.2, 0.25) is 5.91 Å². The Morgan fingerprint density at radius 2 is 2.17 bits per heavy atom. The van der Waals surface area contributed by atoms with Crippen LogP contribution in [0.15, 0.2) is 0 Å². The number of aliphatic hydroxyl groups is 2. The van der Waals surface area contributed by atoms with E-state index in [-0.39, 0.29) is 12.5 Å². The lowest BCUT2D eigenvalue weighted by molar-refractivity contribution is -0.142. The number of carbonyl (C=O) groups excluding carboxylic acids is 1. The Morgan fingerprint density at radius 1 is 1.58 bits per heavy atom. The summed E-state index contributed by atoms with van der Waals surface area (Å²) in [7, 11) is 1.39. The van der Waals surface area contributed by atoms with Crippen molar-refractivity contribution in [1.82, 2.24) is 4.90 Å². The normalized spacial score (nSPS) is 35.7. The molecule has 0 radical (unpaired) electrons. The Balaban J connectivity index is 2.71.